The molecule has 3 nitrogen and oxygen atoms in total. The van der Waals surface area contributed by atoms with Crippen molar-refractivity contribution in [2.75, 3.05) is 7.11 Å². The maximum Gasteiger partial charge on any atom is 0.374 e. The smallest absolute Gasteiger partial charge is 0.374 e. The van der Waals surface area contributed by atoms with E-state index in [1.807, 2.05) is 60.7 Å². The van der Waals surface area contributed by atoms with Crippen LogP contribution in [0.25, 0.3) is 5.57 Å². The highest BCUT2D eigenvalue weighted by Gasteiger charge is 2.36. The first-order valence-corrected chi connectivity index (χ1v) is 6.88. The molecular weight excluding hydrogens is 264 g/mol. The van der Waals surface area contributed by atoms with Gasteiger partial charge >= 0.3 is 5.97 Å². The fourth-order valence-electron chi connectivity index (χ4n) is 2.60. The van der Waals surface area contributed by atoms with E-state index in [-0.39, 0.29) is 6.10 Å². The van der Waals surface area contributed by atoms with Gasteiger partial charge in [0.05, 0.1) is 7.11 Å². The van der Waals surface area contributed by atoms with Gasteiger partial charge in [-0.1, -0.05) is 60.7 Å². The first kappa shape index (κ1) is 13.4. The van der Waals surface area contributed by atoms with Crippen LogP contribution in [0.15, 0.2) is 66.4 Å². The van der Waals surface area contributed by atoms with Gasteiger partial charge in [0.25, 0.3) is 0 Å². The molecule has 1 heterocycles. The van der Waals surface area contributed by atoms with Gasteiger partial charge in [0.1, 0.15) is 6.10 Å². The summed E-state index contributed by atoms with van der Waals surface area (Å²) in [5.74, 6) is -0.0839. The summed E-state index contributed by atoms with van der Waals surface area (Å²) in [4.78, 5) is 12.0. The van der Waals surface area contributed by atoms with Gasteiger partial charge in [0.2, 0.25) is 5.76 Å². The Balaban J connectivity index is 1.97. The van der Waals surface area contributed by atoms with Gasteiger partial charge in [-0.25, -0.2) is 4.79 Å². The van der Waals surface area contributed by atoms with Crippen molar-refractivity contribution in [3.05, 3.63) is 77.5 Å². The Bertz CT molecular complexity index is 659. The molecule has 1 aliphatic rings. The molecule has 2 aromatic rings. The quantitative estimate of drug-likeness (QED) is 0.807. The van der Waals surface area contributed by atoms with Crippen molar-refractivity contribution in [2.24, 2.45) is 0 Å². The van der Waals surface area contributed by atoms with Gasteiger partial charge < -0.3 is 9.47 Å². The Morgan fingerprint density at radius 1 is 1.00 bits per heavy atom. The fourth-order valence-corrected chi connectivity index (χ4v) is 2.60. The van der Waals surface area contributed by atoms with Crippen LogP contribution in [0.1, 0.15) is 11.1 Å². The molecule has 1 atom stereocenters. The van der Waals surface area contributed by atoms with Gasteiger partial charge in [-0.15, -0.1) is 0 Å². The Hall–Kier alpha value is -2.55. The minimum atomic E-state index is -0.391. The summed E-state index contributed by atoms with van der Waals surface area (Å²) in [5, 5.41) is 0. The third-order valence-corrected chi connectivity index (χ3v) is 3.55. The lowest BCUT2D eigenvalue weighted by atomic mass is 9.96. The molecular formula is C18H16O3. The van der Waals surface area contributed by atoms with Crippen LogP contribution in [-0.4, -0.2) is 19.2 Å². The second-order valence-corrected chi connectivity index (χ2v) is 4.90. The van der Waals surface area contributed by atoms with Crippen LogP contribution in [0.4, 0.5) is 0 Å². The average Bonchev–Trinajstić information content (AvgIpc) is 2.84. The number of carbonyl (C=O) groups is 1. The zero-order valence-corrected chi connectivity index (χ0v) is 11.8. The molecule has 0 N–H and O–H groups in total. The molecule has 0 amide bonds. The highest BCUT2D eigenvalue weighted by Crippen LogP contribution is 2.33. The third kappa shape index (κ3) is 2.68. The summed E-state index contributed by atoms with van der Waals surface area (Å²) in [6.07, 6.45) is 0.334. The number of hydrogen-bond acceptors (Lipinski definition) is 3. The van der Waals surface area contributed by atoms with Crippen molar-refractivity contribution in [3.8, 4) is 0 Å². The first-order valence-electron chi connectivity index (χ1n) is 6.88. The van der Waals surface area contributed by atoms with Crippen molar-refractivity contribution >= 4 is 11.5 Å². The largest absolute Gasteiger partial charge is 0.490 e. The summed E-state index contributed by atoms with van der Waals surface area (Å²) < 4.78 is 10.8. The SMILES string of the molecule is COC1=C(c2ccccc2)[C@H](Cc2ccccc2)OC1=O. The molecule has 0 aliphatic carbocycles. The van der Waals surface area contributed by atoms with E-state index in [0.717, 1.165) is 16.7 Å². The standard InChI is InChI=1S/C18H16O3/c1-20-17-16(14-10-6-3-7-11-14)15(21-18(17)19)12-13-8-4-2-5-9-13/h2-11,15H,12H2,1H3/t15-/m0/s1. The summed E-state index contributed by atoms with van der Waals surface area (Å²) in [6, 6.07) is 19.8. The molecule has 0 fully saturated rings. The molecule has 0 bridgehead atoms. The monoisotopic (exact) mass is 280 g/mol. The summed E-state index contributed by atoms with van der Waals surface area (Å²) >= 11 is 0. The van der Waals surface area contributed by atoms with E-state index in [1.54, 1.807) is 0 Å². The normalized spacial score (nSPS) is 17.8. The molecule has 3 rings (SSSR count). The van der Waals surface area contributed by atoms with Gasteiger partial charge in [-0.05, 0) is 11.1 Å². The predicted octanol–water partition coefficient (Wildman–Crippen LogP) is 3.21. The number of benzene rings is 2. The zero-order valence-electron chi connectivity index (χ0n) is 11.8. The lowest BCUT2D eigenvalue weighted by Gasteiger charge is -2.14. The van der Waals surface area contributed by atoms with Crippen molar-refractivity contribution in [1.82, 2.24) is 0 Å². The van der Waals surface area contributed by atoms with Gasteiger partial charge in [0.15, 0.2) is 0 Å². The van der Waals surface area contributed by atoms with Crippen molar-refractivity contribution in [2.45, 2.75) is 12.5 Å². The number of ether oxygens (including phenoxy) is 2. The molecule has 2 aromatic carbocycles. The van der Waals surface area contributed by atoms with Crippen LogP contribution in [0.2, 0.25) is 0 Å². The van der Waals surface area contributed by atoms with Crippen molar-refractivity contribution in [3.63, 3.8) is 0 Å². The lowest BCUT2D eigenvalue weighted by molar-refractivity contribution is -0.142. The molecule has 0 aromatic heterocycles. The average molecular weight is 280 g/mol. The van der Waals surface area contributed by atoms with Gasteiger partial charge in [0, 0.05) is 12.0 Å². The number of hydrogen-bond donors (Lipinski definition) is 0. The number of esters is 1. The van der Waals surface area contributed by atoms with E-state index in [2.05, 4.69) is 0 Å². The van der Waals surface area contributed by atoms with E-state index >= 15 is 0 Å². The molecule has 1 aliphatic heterocycles. The van der Waals surface area contributed by atoms with Gasteiger partial charge in [-0.3, -0.25) is 0 Å². The molecule has 0 spiro atoms. The second kappa shape index (κ2) is 5.83. The van der Waals surface area contributed by atoms with Crippen LogP contribution in [0, 0.1) is 0 Å². The Morgan fingerprint density at radius 3 is 2.24 bits per heavy atom. The Kier molecular flexibility index (Phi) is 3.73. The number of carbonyl (C=O) groups excluding carboxylic acids is 1. The van der Waals surface area contributed by atoms with Crippen LogP contribution in [0.3, 0.4) is 0 Å². The zero-order chi connectivity index (χ0) is 14.7. The van der Waals surface area contributed by atoms with E-state index < -0.39 is 5.97 Å². The molecule has 21 heavy (non-hydrogen) atoms. The maximum atomic E-state index is 12.0. The molecule has 0 saturated heterocycles. The molecule has 106 valence electrons. The summed E-state index contributed by atoms with van der Waals surface area (Å²) in [6.45, 7) is 0. The van der Waals surface area contributed by atoms with Crippen LogP contribution >= 0.6 is 0 Å². The lowest BCUT2D eigenvalue weighted by Crippen LogP contribution is -2.14. The molecule has 3 heteroatoms. The Morgan fingerprint density at radius 2 is 1.62 bits per heavy atom. The van der Waals surface area contributed by atoms with E-state index in [0.29, 0.717) is 12.2 Å². The molecule has 0 unspecified atom stereocenters. The Labute approximate surface area is 123 Å². The van der Waals surface area contributed by atoms with E-state index in [9.17, 15) is 4.79 Å². The van der Waals surface area contributed by atoms with E-state index in [4.69, 9.17) is 9.47 Å². The predicted molar refractivity (Wildman–Crippen MR) is 80.4 cm³/mol. The minimum Gasteiger partial charge on any atom is -0.490 e. The van der Waals surface area contributed by atoms with Crippen molar-refractivity contribution in [1.29, 1.82) is 0 Å². The number of rotatable bonds is 4. The summed E-state index contributed by atoms with van der Waals surface area (Å²) in [7, 11) is 1.50. The third-order valence-electron chi connectivity index (χ3n) is 3.55. The molecule has 0 radical (unpaired) electrons. The second-order valence-electron chi connectivity index (χ2n) is 4.90. The van der Waals surface area contributed by atoms with Crippen molar-refractivity contribution < 1.29 is 14.3 Å². The first-order chi connectivity index (χ1) is 10.3. The fraction of sp³-hybridized carbons (Fsp3) is 0.167. The van der Waals surface area contributed by atoms with E-state index in [1.165, 1.54) is 7.11 Å². The van der Waals surface area contributed by atoms with Crippen LogP contribution in [0.5, 0.6) is 0 Å². The molecule has 0 saturated carbocycles. The topological polar surface area (TPSA) is 35.5 Å². The van der Waals surface area contributed by atoms with Crippen LogP contribution < -0.4 is 0 Å². The highest BCUT2D eigenvalue weighted by molar-refractivity contribution is 6.01. The summed E-state index contributed by atoms with van der Waals surface area (Å²) in [5.41, 5.74) is 2.91. The minimum absolute atomic E-state index is 0.308. The highest BCUT2D eigenvalue weighted by atomic mass is 16.6. The maximum absolute atomic E-state index is 12.0. The number of methoxy groups -OCH3 is 1. The number of cyclic esters (lactones) is 1. The van der Waals surface area contributed by atoms with Gasteiger partial charge in [-0.2, -0.15) is 0 Å². The van der Waals surface area contributed by atoms with Crippen LogP contribution in [-0.2, 0) is 20.7 Å².